The molecule has 0 spiro atoms. The summed E-state index contributed by atoms with van der Waals surface area (Å²) in [5, 5.41) is 11.9. The molecule has 0 saturated carbocycles. The summed E-state index contributed by atoms with van der Waals surface area (Å²) in [5.41, 5.74) is 1.74. The molecule has 0 radical (unpaired) electrons. The van der Waals surface area contributed by atoms with Crippen molar-refractivity contribution < 1.29 is 14.7 Å². The molecule has 2 amide bonds. The first-order valence-corrected chi connectivity index (χ1v) is 7.22. The van der Waals surface area contributed by atoms with Crippen LogP contribution in [0, 0.1) is 18.8 Å². The smallest absolute Gasteiger partial charge is 0.321 e. The zero-order valence-corrected chi connectivity index (χ0v) is 13.0. The zero-order valence-electron chi connectivity index (χ0n) is 11.4. The molecule has 1 aliphatic heterocycles. The topological polar surface area (TPSA) is 69.6 Å². The van der Waals surface area contributed by atoms with Crippen molar-refractivity contribution in [1.29, 1.82) is 0 Å². The fourth-order valence-corrected chi connectivity index (χ4v) is 3.07. The van der Waals surface area contributed by atoms with Crippen molar-refractivity contribution in [3.63, 3.8) is 0 Å². The summed E-state index contributed by atoms with van der Waals surface area (Å²) in [6.07, 6.45) is 0. The lowest BCUT2D eigenvalue weighted by Crippen LogP contribution is -2.33. The monoisotopic (exact) mass is 340 g/mol. The number of amides is 2. The SMILES string of the molecule is Cc1cc(Br)cc(NC(=O)N2C[C@@H](C)[C@H](C(=O)O)C2)c1. The van der Waals surface area contributed by atoms with Gasteiger partial charge in [-0.2, -0.15) is 0 Å². The number of nitrogens with zero attached hydrogens (tertiary/aromatic N) is 1. The molecule has 1 aliphatic rings. The van der Waals surface area contributed by atoms with Crippen LogP contribution in [0.2, 0.25) is 0 Å². The second-order valence-corrected chi connectivity index (χ2v) is 6.19. The van der Waals surface area contributed by atoms with Gasteiger partial charge in [0.1, 0.15) is 0 Å². The van der Waals surface area contributed by atoms with Crippen LogP contribution < -0.4 is 5.32 Å². The Hall–Kier alpha value is -1.56. The van der Waals surface area contributed by atoms with Crippen LogP contribution in [-0.2, 0) is 4.79 Å². The number of nitrogens with one attached hydrogen (secondary N) is 1. The second kappa shape index (κ2) is 5.83. The summed E-state index contributed by atoms with van der Waals surface area (Å²) < 4.78 is 0.894. The van der Waals surface area contributed by atoms with E-state index in [0.717, 1.165) is 10.0 Å². The van der Waals surface area contributed by atoms with Crippen LogP contribution in [0.3, 0.4) is 0 Å². The lowest BCUT2D eigenvalue weighted by atomic mass is 9.99. The van der Waals surface area contributed by atoms with Crippen LogP contribution >= 0.6 is 15.9 Å². The number of rotatable bonds is 2. The van der Waals surface area contributed by atoms with E-state index in [0.29, 0.717) is 12.2 Å². The molecule has 0 aromatic heterocycles. The number of carbonyl (C=O) groups is 2. The van der Waals surface area contributed by atoms with Gasteiger partial charge in [-0.3, -0.25) is 4.79 Å². The van der Waals surface area contributed by atoms with Crippen molar-refractivity contribution in [2.75, 3.05) is 18.4 Å². The number of halogens is 1. The Labute approximate surface area is 126 Å². The molecule has 108 valence electrons. The molecule has 2 rings (SSSR count). The highest BCUT2D eigenvalue weighted by atomic mass is 79.9. The van der Waals surface area contributed by atoms with E-state index in [1.165, 1.54) is 0 Å². The number of urea groups is 1. The fraction of sp³-hybridized carbons (Fsp3) is 0.429. The third-order valence-electron chi connectivity index (χ3n) is 3.51. The zero-order chi connectivity index (χ0) is 14.9. The number of carboxylic acid groups (broad SMARTS) is 1. The predicted molar refractivity (Wildman–Crippen MR) is 79.8 cm³/mol. The first kappa shape index (κ1) is 14.8. The Morgan fingerprint density at radius 2 is 2.05 bits per heavy atom. The molecule has 1 aromatic carbocycles. The average molecular weight is 341 g/mol. The third kappa shape index (κ3) is 3.30. The van der Waals surface area contributed by atoms with Gasteiger partial charge in [-0.15, -0.1) is 0 Å². The summed E-state index contributed by atoms with van der Waals surface area (Å²) in [7, 11) is 0. The van der Waals surface area contributed by atoms with Gasteiger partial charge in [-0.1, -0.05) is 22.9 Å². The Morgan fingerprint density at radius 3 is 2.60 bits per heavy atom. The number of hydrogen-bond acceptors (Lipinski definition) is 2. The normalized spacial score (nSPS) is 21.9. The van der Waals surface area contributed by atoms with Gasteiger partial charge in [0, 0.05) is 23.2 Å². The number of carbonyl (C=O) groups excluding carboxylic acids is 1. The molecule has 0 aliphatic carbocycles. The van der Waals surface area contributed by atoms with Crippen molar-refractivity contribution in [3.8, 4) is 0 Å². The van der Waals surface area contributed by atoms with E-state index in [-0.39, 0.29) is 18.5 Å². The molecule has 1 saturated heterocycles. The van der Waals surface area contributed by atoms with Crippen molar-refractivity contribution in [1.82, 2.24) is 4.90 Å². The highest BCUT2D eigenvalue weighted by molar-refractivity contribution is 9.10. The number of aliphatic carboxylic acids is 1. The molecule has 0 bridgehead atoms. The molecule has 2 atom stereocenters. The number of carboxylic acids is 1. The summed E-state index contributed by atoms with van der Waals surface area (Å²) in [6.45, 7) is 4.53. The Morgan fingerprint density at radius 1 is 1.35 bits per heavy atom. The van der Waals surface area contributed by atoms with Gasteiger partial charge in [0.15, 0.2) is 0 Å². The summed E-state index contributed by atoms with van der Waals surface area (Å²) in [6, 6.07) is 5.39. The van der Waals surface area contributed by atoms with Crippen molar-refractivity contribution in [2.24, 2.45) is 11.8 Å². The van der Waals surface area contributed by atoms with E-state index in [1.54, 1.807) is 4.90 Å². The first-order chi connectivity index (χ1) is 9.36. The van der Waals surface area contributed by atoms with E-state index >= 15 is 0 Å². The maximum absolute atomic E-state index is 12.2. The molecule has 1 aromatic rings. The third-order valence-corrected chi connectivity index (χ3v) is 3.97. The molecular formula is C14H17BrN2O3. The van der Waals surface area contributed by atoms with Crippen molar-refractivity contribution in [2.45, 2.75) is 13.8 Å². The second-order valence-electron chi connectivity index (χ2n) is 5.27. The molecule has 20 heavy (non-hydrogen) atoms. The minimum atomic E-state index is -0.842. The van der Waals surface area contributed by atoms with Gasteiger partial charge >= 0.3 is 12.0 Å². The highest BCUT2D eigenvalue weighted by Crippen LogP contribution is 2.25. The van der Waals surface area contributed by atoms with Gasteiger partial charge in [-0.25, -0.2) is 4.79 Å². The van der Waals surface area contributed by atoms with Gasteiger partial charge in [0.2, 0.25) is 0 Å². The van der Waals surface area contributed by atoms with Crippen LogP contribution in [0.4, 0.5) is 10.5 Å². The molecular weight excluding hydrogens is 324 g/mol. The summed E-state index contributed by atoms with van der Waals surface area (Å²) in [5.74, 6) is -1.35. The van der Waals surface area contributed by atoms with Crippen LogP contribution in [0.15, 0.2) is 22.7 Å². The molecule has 6 heteroatoms. The van der Waals surface area contributed by atoms with Crippen LogP contribution in [0.1, 0.15) is 12.5 Å². The van der Waals surface area contributed by atoms with E-state index in [9.17, 15) is 9.59 Å². The van der Waals surface area contributed by atoms with Crippen LogP contribution in [0.5, 0.6) is 0 Å². The number of anilines is 1. The lowest BCUT2D eigenvalue weighted by molar-refractivity contribution is -0.142. The van der Waals surface area contributed by atoms with E-state index in [1.807, 2.05) is 32.0 Å². The Balaban J connectivity index is 2.04. The maximum Gasteiger partial charge on any atom is 0.321 e. The molecule has 5 nitrogen and oxygen atoms in total. The maximum atomic E-state index is 12.2. The fourth-order valence-electron chi connectivity index (χ4n) is 2.47. The van der Waals surface area contributed by atoms with E-state index in [2.05, 4.69) is 21.2 Å². The first-order valence-electron chi connectivity index (χ1n) is 6.42. The Kier molecular flexibility index (Phi) is 4.32. The number of aryl methyl sites for hydroxylation is 1. The summed E-state index contributed by atoms with van der Waals surface area (Å²) >= 11 is 3.38. The molecule has 1 fully saturated rings. The molecule has 1 heterocycles. The largest absolute Gasteiger partial charge is 0.481 e. The summed E-state index contributed by atoms with van der Waals surface area (Å²) in [4.78, 5) is 24.8. The Bertz CT molecular complexity index is 527. The number of likely N-dealkylation sites (tertiary alicyclic amines) is 1. The van der Waals surface area contributed by atoms with Crippen LogP contribution in [0.25, 0.3) is 0 Å². The van der Waals surface area contributed by atoms with Gasteiger partial charge in [0.05, 0.1) is 5.92 Å². The minimum Gasteiger partial charge on any atom is -0.481 e. The molecule has 0 unspecified atom stereocenters. The minimum absolute atomic E-state index is 0.0255. The van der Waals surface area contributed by atoms with E-state index in [4.69, 9.17) is 5.11 Å². The van der Waals surface area contributed by atoms with Gasteiger partial charge in [0.25, 0.3) is 0 Å². The van der Waals surface area contributed by atoms with E-state index < -0.39 is 11.9 Å². The van der Waals surface area contributed by atoms with Gasteiger partial charge < -0.3 is 15.3 Å². The lowest BCUT2D eigenvalue weighted by Gasteiger charge is -2.17. The van der Waals surface area contributed by atoms with Crippen molar-refractivity contribution >= 4 is 33.6 Å². The average Bonchev–Trinajstić information content (AvgIpc) is 2.70. The van der Waals surface area contributed by atoms with Crippen LogP contribution in [-0.4, -0.2) is 35.1 Å². The van der Waals surface area contributed by atoms with Gasteiger partial charge in [-0.05, 0) is 36.6 Å². The highest BCUT2D eigenvalue weighted by Gasteiger charge is 2.36. The molecule has 2 N–H and O–H groups in total. The quantitative estimate of drug-likeness (QED) is 0.869. The van der Waals surface area contributed by atoms with Crippen molar-refractivity contribution in [3.05, 3.63) is 28.2 Å². The predicted octanol–water partition coefficient (Wildman–Crippen LogP) is 2.94. The standard InChI is InChI=1S/C14H17BrN2O3/c1-8-3-10(15)5-11(4-8)16-14(20)17-6-9(2)12(7-17)13(18)19/h3-5,9,12H,6-7H2,1-2H3,(H,16,20)(H,18,19)/t9-,12-/m1/s1. The number of hydrogen-bond donors (Lipinski definition) is 2. The number of benzene rings is 1.